The fraction of sp³-hybridized carbons (Fsp3) is 0. The molecule has 2 rings (SSSR count). The van der Waals surface area contributed by atoms with Gasteiger partial charge < -0.3 is 10.5 Å². The molecule has 0 unspecified atom stereocenters. The molecular weight excluding hydrogens is 312 g/mol. The van der Waals surface area contributed by atoms with E-state index in [-0.39, 0.29) is 22.5 Å². The smallest absolute Gasteiger partial charge is 0.262 e. The number of rotatable bonds is 2. The summed E-state index contributed by atoms with van der Waals surface area (Å²) in [6.45, 7) is 0. The molecule has 2 N–H and O–H groups in total. The molecule has 0 bridgehead atoms. The molecule has 0 saturated carbocycles. The Bertz CT molecular complexity index is 567. The van der Waals surface area contributed by atoms with Gasteiger partial charge in [-0.2, -0.15) is 0 Å². The number of hydrogen-bond donors (Lipinski definition) is 1. The summed E-state index contributed by atoms with van der Waals surface area (Å²) in [6, 6.07) is 2.53. The van der Waals surface area contributed by atoms with Gasteiger partial charge in [0.2, 0.25) is 0 Å². The number of ether oxygens (including phenoxy) is 1. The van der Waals surface area contributed by atoms with Gasteiger partial charge in [-0.15, -0.1) is 0 Å². The molecule has 17 heavy (non-hydrogen) atoms. The van der Waals surface area contributed by atoms with Gasteiger partial charge >= 0.3 is 0 Å². The maximum atomic E-state index is 13.3. The van der Waals surface area contributed by atoms with Gasteiger partial charge in [0.05, 0.1) is 9.50 Å². The predicted molar refractivity (Wildman–Crippen MR) is 65.6 cm³/mol. The molecule has 1 heterocycles. The topological polar surface area (TPSA) is 61.0 Å². The molecule has 0 saturated heterocycles. The minimum atomic E-state index is -0.590. The zero-order valence-corrected chi connectivity index (χ0v) is 10.7. The molecule has 4 nitrogen and oxygen atoms in total. The second-order valence-corrected chi connectivity index (χ2v) is 4.31. The van der Waals surface area contributed by atoms with Crippen molar-refractivity contribution in [2.45, 2.75) is 0 Å². The van der Waals surface area contributed by atoms with Crippen LogP contribution >= 0.6 is 27.5 Å². The van der Waals surface area contributed by atoms with E-state index in [9.17, 15) is 4.39 Å². The first-order valence-electron chi connectivity index (χ1n) is 4.47. The Morgan fingerprint density at radius 3 is 2.71 bits per heavy atom. The largest absolute Gasteiger partial charge is 0.435 e. The molecule has 2 aromatic rings. The monoisotopic (exact) mass is 317 g/mol. The second kappa shape index (κ2) is 4.85. The van der Waals surface area contributed by atoms with E-state index in [0.717, 1.165) is 6.07 Å². The first-order valence-corrected chi connectivity index (χ1v) is 5.64. The summed E-state index contributed by atoms with van der Waals surface area (Å²) in [5.41, 5.74) is 5.55. The lowest BCUT2D eigenvalue weighted by Gasteiger charge is -2.08. The van der Waals surface area contributed by atoms with Crippen molar-refractivity contribution in [3.63, 3.8) is 0 Å². The van der Waals surface area contributed by atoms with Gasteiger partial charge in [0.1, 0.15) is 11.6 Å². The standard InChI is InChI=1S/C10H6BrClFN3O/c11-5-3-6(12)7(13)4-8(5)17-10-9(14)15-1-2-16-10/h1-4H,(H2,14,15). The van der Waals surface area contributed by atoms with Crippen LogP contribution in [0.1, 0.15) is 0 Å². The highest BCUT2D eigenvalue weighted by Crippen LogP contribution is 2.34. The molecular formula is C10H6BrClFN3O. The molecule has 0 spiro atoms. The minimum Gasteiger partial charge on any atom is -0.435 e. The van der Waals surface area contributed by atoms with Crippen LogP contribution in [0.3, 0.4) is 0 Å². The number of hydrogen-bond acceptors (Lipinski definition) is 4. The molecule has 0 atom stereocenters. The summed E-state index contributed by atoms with van der Waals surface area (Å²) in [4.78, 5) is 7.68. The minimum absolute atomic E-state index is 0.00339. The van der Waals surface area contributed by atoms with Gasteiger partial charge in [0, 0.05) is 18.5 Å². The number of benzene rings is 1. The van der Waals surface area contributed by atoms with Crippen LogP contribution < -0.4 is 10.5 Å². The number of halogens is 3. The van der Waals surface area contributed by atoms with E-state index in [1.165, 1.54) is 18.5 Å². The first-order chi connectivity index (χ1) is 8.08. The Kier molecular flexibility index (Phi) is 3.44. The first kappa shape index (κ1) is 12.1. The van der Waals surface area contributed by atoms with Crippen molar-refractivity contribution in [2.75, 3.05) is 5.73 Å². The van der Waals surface area contributed by atoms with Crippen molar-refractivity contribution >= 4 is 33.3 Å². The maximum Gasteiger partial charge on any atom is 0.262 e. The summed E-state index contributed by atoms with van der Waals surface area (Å²) in [7, 11) is 0. The van der Waals surface area contributed by atoms with Crippen molar-refractivity contribution in [3.8, 4) is 11.6 Å². The van der Waals surface area contributed by atoms with Crippen LogP contribution in [0.2, 0.25) is 5.02 Å². The Morgan fingerprint density at radius 1 is 1.29 bits per heavy atom. The normalized spacial score (nSPS) is 10.3. The van der Waals surface area contributed by atoms with Crippen molar-refractivity contribution in [2.24, 2.45) is 0 Å². The van der Waals surface area contributed by atoms with Gasteiger partial charge in [-0.3, -0.25) is 0 Å². The Balaban J connectivity index is 2.37. The molecule has 1 aromatic heterocycles. The molecule has 1 aromatic carbocycles. The van der Waals surface area contributed by atoms with Gasteiger partial charge in [-0.1, -0.05) is 11.6 Å². The van der Waals surface area contributed by atoms with E-state index in [4.69, 9.17) is 22.1 Å². The van der Waals surface area contributed by atoms with E-state index >= 15 is 0 Å². The second-order valence-electron chi connectivity index (χ2n) is 3.05. The van der Waals surface area contributed by atoms with E-state index in [0.29, 0.717) is 4.47 Å². The van der Waals surface area contributed by atoms with Crippen molar-refractivity contribution < 1.29 is 9.13 Å². The molecule has 0 aliphatic heterocycles. The van der Waals surface area contributed by atoms with Crippen molar-refractivity contribution in [1.82, 2.24) is 9.97 Å². The third kappa shape index (κ3) is 2.65. The fourth-order valence-electron chi connectivity index (χ4n) is 1.10. The average Bonchev–Trinajstić information content (AvgIpc) is 2.29. The van der Waals surface area contributed by atoms with E-state index < -0.39 is 5.82 Å². The molecule has 0 aliphatic rings. The zero-order chi connectivity index (χ0) is 12.4. The van der Waals surface area contributed by atoms with Gasteiger partial charge in [0.15, 0.2) is 5.82 Å². The third-order valence-corrected chi connectivity index (χ3v) is 2.78. The van der Waals surface area contributed by atoms with E-state index in [1.54, 1.807) is 0 Å². The lowest BCUT2D eigenvalue weighted by molar-refractivity contribution is 0.455. The number of nitrogen functional groups attached to an aromatic ring is 1. The summed E-state index contributed by atoms with van der Waals surface area (Å²) in [5, 5.41) is -0.00339. The Labute approximate surface area is 110 Å². The van der Waals surface area contributed by atoms with Gasteiger partial charge in [0.25, 0.3) is 5.88 Å². The van der Waals surface area contributed by atoms with Crippen LogP contribution in [0.25, 0.3) is 0 Å². The van der Waals surface area contributed by atoms with Crippen LogP contribution in [0, 0.1) is 5.82 Å². The Morgan fingerprint density at radius 2 is 2.00 bits per heavy atom. The van der Waals surface area contributed by atoms with Crippen LogP contribution in [-0.2, 0) is 0 Å². The average molecular weight is 319 g/mol. The van der Waals surface area contributed by atoms with Crippen LogP contribution in [-0.4, -0.2) is 9.97 Å². The van der Waals surface area contributed by atoms with Gasteiger partial charge in [-0.05, 0) is 22.0 Å². The molecule has 0 fully saturated rings. The maximum absolute atomic E-state index is 13.3. The molecule has 88 valence electrons. The zero-order valence-electron chi connectivity index (χ0n) is 8.32. The van der Waals surface area contributed by atoms with Gasteiger partial charge in [-0.25, -0.2) is 14.4 Å². The fourth-order valence-corrected chi connectivity index (χ4v) is 1.82. The van der Waals surface area contributed by atoms with E-state index in [2.05, 4.69) is 25.9 Å². The SMILES string of the molecule is Nc1nccnc1Oc1cc(F)c(Cl)cc1Br. The number of aromatic nitrogens is 2. The number of nitrogens with zero attached hydrogens (tertiary/aromatic N) is 2. The lowest BCUT2D eigenvalue weighted by atomic mass is 10.3. The molecule has 0 amide bonds. The summed E-state index contributed by atoms with van der Waals surface area (Å²) >= 11 is 8.81. The van der Waals surface area contributed by atoms with E-state index in [1.807, 2.05) is 0 Å². The molecule has 0 aliphatic carbocycles. The highest BCUT2D eigenvalue weighted by atomic mass is 79.9. The summed E-state index contributed by atoms with van der Waals surface area (Å²) < 4.78 is 19.1. The van der Waals surface area contributed by atoms with Crippen molar-refractivity contribution in [3.05, 3.63) is 39.8 Å². The van der Waals surface area contributed by atoms with Crippen LogP contribution in [0.5, 0.6) is 11.6 Å². The number of anilines is 1. The van der Waals surface area contributed by atoms with Crippen molar-refractivity contribution in [1.29, 1.82) is 0 Å². The van der Waals surface area contributed by atoms with Crippen LogP contribution in [0.4, 0.5) is 10.2 Å². The lowest BCUT2D eigenvalue weighted by Crippen LogP contribution is -1.97. The molecule has 0 radical (unpaired) electrons. The third-order valence-electron chi connectivity index (χ3n) is 1.87. The van der Waals surface area contributed by atoms with Crippen LogP contribution in [0.15, 0.2) is 29.0 Å². The molecule has 7 heteroatoms. The quantitative estimate of drug-likeness (QED) is 0.862. The predicted octanol–water partition coefficient (Wildman–Crippen LogP) is 3.41. The highest BCUT2D eigenvalue weighted by Gasteiger charge is 2.11. The highest BCUT2D eigenvalue weighted by molar-refractivity contribution is 9.10. The Hall–Kier alpha value is -1.40. The number of nitrogens with two attached hydrogens (primary N) is 1. The summed E-state index contributed by atoms with van der Waals surface area (Å²) in [5.74, 6) is -0.142. The summed E-state index contributed by atoms with van der Waals surface area (Å²) in [6.07, 6.45) is 2.85.